The van der Waals surface area contributed by atoms with Crippen LogP contribution in [0.25, 0.3) is 0 Å². The summed E-state index contributed by atoms with van der Waals surface area (Å²) in [6.07, 6.45) is 6.45. The maximum absolute atomic E-state index is 3.78. The van der Waals surface area contributed by atoms with E-state index in [0.717, 1.165) is 24.0 Å². The molecule has 0 amide bonds. The zero-order valence-corrected chi connectivity index (χ0v) is 9.10. The second kappa shape index (κ2) is 8.09. The first-order chi connectivity index (χ1) is 4.63. The van der Waals surface area contributed by atoms with Gasteiger partial charge in [0.25, 0.3) is 0 Å². The normalized spacial score (nSPS) is 12.5. The van der Waals surface area contributed by atoms with Crippen molar-refractivity contribution in [1.29, 1.82) is 0 Å². The van der Waals surface area contributed by atoms with Crippen molar-refractivity contribution in [2.24, 2.45) is 0 Å². The molecule has 0 unspecified atom stereocenters. The smallest absolute Gasteiger partial charge is 0.242 e. The molecule has 0 aliphatic rings. The Morgan fingerprint density at radius 2 is 1.27 bits per heavy atom. The molecule has 0 saturated heterocycles. The van der Waals surface area contributed by atoms with Crippen LogP contribution in [0.2, 0.25) is 0 Å². The molecule has 0 heterocycles. The summed E-state index contributed by atoms with van der Waals surface area (Å²) in [5.41, 5.74) is 2.30. The molecular weight excluding hydrogens is 144 g/mol. The Hall–Kier alpha value is -0.0138. The zero-order chi connectivity index (χ0) is 7.98. The largest absolute Gasteiger partial charge is 2.00 e. The average Bonchev–Trinajstić information content (AvgIpc) is 1.79. The third-order valence-corrected chi connectivity index (χ3v) is 1.15. The fraction of sp³-hybridized carbons (Fsp3) is 0.400. The van der Waals surface area contributed by atoms with E-state index in [1.54, 1.807) is 0 Å². The average molecular weight is 161 g/mol. The van der Waals surface area contributed by atoms with Gasteiger partial charge in [-0.05, 0) is 0 Å². The minimum absolute atomic E-state index is 0. The maximum atomic E-state index is 3.78. The van der Waals surface area contributed by atoms with Gasteiger partial charge in [-0.15, -0.1) is 12.8 Å². The summed E-state index contributed by atoms with van der Waals surface area (Å²) in [5, 5.41) is 0. The van der Waals surface area contributed by atoms with Crippen LogP contribution in [0.1, 0.15) is 26.7 Å². The van der Waals surface area contributed by atoms with Crippen LogP contribution in [0, 0.1) is 13.8 Å². The molecule has 0 rings (SSSR count). The Morgan fingerprint density at radius 1 is 1.00 bits per heavy atom. The Morgan fingerprint density at radius 3 is 1.45 bits per heavy atom. The van der Waals surface area contributed by atoms with Gasteiger partial charge < -0.3 is 0 Å². The van der Waals surface area contributed by atoms with Crippen molar-refractivity contribution < 1.29 is 0 Å². The quantitative estimate of drug-likeness (QED) is 0.338. The molecule has 0 fully saturated rings. The van der Waals surface area contributed by atoms with Gasteiger partial charge in [-0.3, -0.25) is 0 Å². The van der Waals surface area contributed by atoms with Gasteiger partial charge in [-0.25, -0.2) is 37.1 Å². The van der Waals surface area contributed by atoms with Crippen molar-refractivity contribution in [3.8, 4) is 0 Å². The van der Waals surface area contributed by atoms with Crippen LogP contribution in [0.15, 0.2) is 23.3 Å². The second-order valence-corrected chi connectivity index (χ2v) is 2.68. The Kier molecular flexibility index (Phi) is 9.97. The summed E-state index contributed by atoms with van der Waals surface area (Å²) in [5.74, 6) is 0. The molecule has 0 aromatic heterocycles. The molecule has 0 atom stereocenters. The predicted molar refractivity (Wildman–Crippen MR) is 53.2 cm³/mol. The van der Waals surface area contributed by atoms with Gasteiger partial charge in [0.05, 0.1) is 0 Å². The number of hydrogen-bond donors (Lipinski definition) is 0. The van der Waals surface area contributed by atoms with Crippen molar-refractivity contribution in [3.63, 3.8) is 0 Å². The minimum atomic E-state index is 0. The first-order valence-electron chi connectivity index (χ1n) is 3.60. The van der Waals surface area contributed by atoms with Crippen molar-refractivity contribution >= 4 is 23.1 Å². The van der Waals surface area contributed by atoms with Crippen LogP contribution in [0.5, 0.6) is 0 Å². The van der Waals surface area contributed by atoms with Crippen LogP contribution in [0.3, 0.4) is 0 Å². The van der Waals surface area contributed by atoms with Gasteiger partial charge in [0.15, 0.2) is 0 Å². The molecule has 0 aliphatic heterocycles. The van der Waals surface area contributed by atoms with Crippen molar-refractivity contribution in [2.75, 3.05) is 0 Å². The standard InChI is InChI=1S/C10H16.Mg/c1-9(2)7-5-6-8-10(3)4;/h7-8H,1,3,5-6H2,2,4H3;/q-2;+2/b9-7-,10-8-;. The predicted octanol–water partition coefficient (Wildman–Crippen LogP) is 2.95. The third kappa shape index (κ3) is 13.0. The van der Waals surface area contributed by atoms with E-state index in [4.69, 9.17) is 0 Å². The van der Waals surface area contributed by atoms with E-state index < -0.39 is 0 Å². The number of hydrogen-bond acceptors (Lipinski definition) is 0. The molecule has 1 heteroatoms. The van der Waals surface area contributed by atoms with Crippen LogP contribution in [0.4, 0.5) is 0 Å². The summed E-state index contributed by atoms with van der Waals surface area (Å²) in [7, 11) is 0. The summed E-state index contributed by atoms with van der Waals surface area (Å²) in [6.45, 7) is 11.6. The molecule has 0 aromatic rings. The Balaban J connectivity index is 0. The van der Waals surface area contributed by atoms with Crippen molar-refractivity contribution in [3.05, 3.63) is 37.1 Å². The fourth-order valence-corrected chi connectivity index (χ4v) is 0.659. The van der Waals surface area contributed by atoms with Crippen molar-refractivity contribution in [2.45, 2.75) is 26.7 Å². The molecule has 0 N–H and O–H groups in total. The molecule has 58 valence electrons. The van der Waals surface area contributed by atoms with E-state index in [1.807, 2.05) is 13.8 Å². The number of unbranched alkanes of at least 4 members (excludes halogenated alkanes) is 1. The fourth-order valence-electron chi connectivity index (χ4n) is 0.659. The molecular formula is C10H16Mg. The minimum Gasteiger partial charge on any atom is -0.242 e. The van der Waals surface area contributed by atoms with E-state index in [-0.39, 0.29) is 23.1 Å². The van der Waals surface area contributed by atoms with Gasteiger partial charge in [-0.2, -0.15) is 0 Å². The molecule has 0 radical (unpaired) electrons. The first kappa shape index (κ1) is 13.6. The van der Waals surface area contributed by atoms with Gasteiger partial charge in [0.1, 0.15) is 0 Å². The molecule has 0 spiro atoms. The van der Waals surface area contributed by atoms with Crippen LogP contribution < -0.4 is 0 Å². The summed E-state index contributed by atoms with van der Waals surface area (Å²) >= 11 is 0. The Bertz CT molecular complexity index is 117. The summed E-state index contributed by atoms with van der Waals surface area (Å²) in [6, 6.07) is 0. The van der Waals surface area contributed by atoms with E-state index in [2.05, 4.69) is 26.0 Å². The van der Waals surface area contributed by atoms with Crippen LogP contribution in [-0.4, -0.2) is 23.1 Å². The zero-order valence-electron chi connectivity index (χ0n) is 7.69. The molecule has 11 heavy (non-hydrogen) atoms. The number of allylic oxidation sites excluding steroid dienone is 4. The van der Waals surface area contributed by atoms with E-state index in [0.29, 0.717) is 0 Å². The third-order valence-electron chi connectivity index (χ3n) is 1.15. The van der Waals surface area contributed by atoms with Gasteiger partial charge >= 0.3 is 23.1 Å². The monoisotopic (exact) mass is 160 g/mol. The van der Waals surface area contributed by atoms with Crippen molar-refractivity contribution in [1.82, 2.24) is 0 Å². The first-order valence-corrected chi connectivity index (χ1v) is 3.60. The molecule has 0 nitrogen and oxygen atoms in total. The van der Waals surface area contributed by atoms with E-state index >= 15 is 0 Å². The maximum Gasteiger partial charge on any atom is 2.00 e. The Labute approximate surface area is 86.9 Å². The van der Waals surface area contributed by atoms with Crippen LogP contribution in [-0.2, 0) is 0 Å². The summed E-state index contributed by atoms with van der Waals surface area (Å²) in [4.78, 5) is 0. The second-order valence-electron chi connectivity index (χ2n) is 2.68. The van der Waals surface area contributed by atoms with Crippen LogP contribution >= 0.6 is 0 Å². The molecule has 0 aromatic carbocycles. The van der Waals surface area contributed by atoms with Gasteiger partial charge in [0.2, 0.25) is 0 Å². The summed E-state index contributed by atoms with van der Waals surface area (Å²) < 4.78 is 0. The van der Waals surface area contributed by atoms with E-state index in [9.17, 15) is 0 Å². The topological polar surface area (TPSA) is 0 Å². The van der Waals surface area contributed by atoms with E-state index in [1.165, 1.54) is 0 Å². The molecule has 0 bridgehead atoms. The SMILES string of the molecule is [CH2-]/C(C)=C/CC/C=C(/[CH2-])C.[Mg+2]. The van der Waals surface area contributed by atoms with Gasteiger partial charge in [-0.1, -0.05) is 13.8 Å². The molecule has 0 aliphatic carbocycles. The van der Waals surface area contributed by atoms with Gasteiger partial charge in [0, 0.05) is 0 Å². The number of rotatable bonds is 3. The molecule has 0 saturated carbocycles.